The van der Waals surface area contributed by atoms with E-state index in [-0.39, 0.29) is 5.91 Å². The first-order valence-corrected chi connectivity index (χ1v) is 10.6. The molecular formula is C18H26N2O3S. The van der Waals surface area contributed by atoms with Gasteiger partial charge in [-0.1, -0.05) is 30.3 Å². The molecule has 1 atom stereocenters. The van der Waals surface area contributed by atoms with Gasteiger partial charge in [0.25, 0.3) is 0 Å². The number of hydrogen-bond donors (Lipinski definition) is 0. The standard InChI is InChI=1S/C18H26N2O3S/c1-24(22,23)20-11-5-8-17(20)18(21)19-12-9-16(10-13-19)14-15-6-3-2-4-7-15/h2-4,6-7,16-17H,5,8-14H2,1H3. The second-order valence-corrected chi connectivity index (χ2v) is 8.93. The van der Waals surface area contributed by atoms with Crippen LogP contribution in [0.4, 0.5) is 0 Å². The van der Waals surface area contributed by atoms with Gasteiger partial charge >= 0.3 is 0 Å². The van der Waals surface area contributed by atoms with E-state index < -0.39 is 16.1 Å². The van der Waals surface area contributed by atoms with E-state index in [1.165, 1.54) is 16.1 Å². The third kappa shape index (κ3) is 3.98. The van der Waals surface area contributed by atoms with Crippen molar-refractivity contribution in [1.82, 2.24) is 9.21 Å². The van der Waals surface area contributed by atoms with E-state index in [1.807, 2.05) is 11.0 Å². The number of nitrogens with zero attached hydrogens (tertiary/aromatic N) is 2. The molecule has 0 radical (unpaired) electrons. The highest BCUT2D eigenvalue weighted by atomic mass is 32.2. The summed E-state index contributed by atoms with van der Waals surface area (Å²) >= 11 is 0. The first-order valence-electron chi connectivity index (χ1n) is 8.74. The molecule has 5 nitrogen and oxygen atoms in total. The maximum atomic E-state index is 12.7. The maximum Gasteiger partial charge on any atom is 0.241 e. The van der Waals surface area contributed by atoms with Gasteiger partial charge in [0.2, 0.25) is 15.9 Å². The Morgan fingerprint density at radius 3 is 2.38 bits per heavy atom. The Morgan fingerprint density at radius 2 is 1.75 bits per heavy atom. The molecule has 1 amide bonds. The van der Waals surface area contributed by atoms with Crippen LogP contribution in [0.1, 0.15) is 31.2 Å². The van der Waals surface area contributed by atoms with Crippen LogP contribution in [0.25, 0.3) is 0 Å². The van der Waals surface area contributed by atoms with Crippen LogP contribution >= 0.6 is 0 Å². The normalized spacial score (nSPS) is 23.5. The summed E-state index contributed by atoms with van der Waals surface area (Å²) in [5, 5.41) is 0. The molecule has 24 heavy (non-hydrogen) atoms. The van der Waals surface area contributed by atoms with Crippen molar-refractivity contribution in [3.05, 3.63) is 35.9 Å². The Balaban J connectivity index is 1.55. The fourth-order valence-corrected chi connectivity index (χ4v) is 5.02. The predicted octanol–water partition coefficient (Wildman–Crippen LogP) is 1.89. The summed E-state index contributed by atoms with van der Waals surface area (Å²) in [5.74, 6) is 0.599. The van der Waals surface area contributed by atoms with Crippen LogP contribution in [0.2, 0.25) is 0 Å². The summed E-state index contributed by atoms with van der Waals surface area (Å²) in [4.78, 5) is 14.6. The number of hydrogen-bond acceptors (Lipinski definition) is 3. The van der Waals surface area contributed by atoms with Crippen LogP contribution in [0, 0.1) is 5.92 Å². The first-order chi connectivity index (χ1) is 11.4. The largest absolute Gasteiger partial charge is 0.341 e. The van der Waals surface area contributed by atoms with Crippen molar-refractivity contribution in [1.29, 1.82) is 0 Å². The van der Waals surface area contributed by atoms with E-state index in [0.717, 1.165) is 38.8 Å². The van der Waals surface area contributed by atoms with Crippen LogP contribution in [0.3, 0.4) is 0 Å². The van der Waals surface area contributed by atoms with Crippen molar-refractivity contribution in [2.24, 2.45) is 5.92 Å². The number of benzene rings is 1. The molecule has 2 aliphatic heterocycles. The summed E-state index contributed by atoms with van der Waals surface area (Å²) in [6.07, 6.45) is 5.66. The van der Waals surface area contributed by atoms with Crippen molar-refractivity contribution in [2.45, 2.75) is 38.1 Å². The second kappa shape index (κ2) is 7.23. The third-order valence-electron chi connectivity index (χ3n) is 5.21. The van der Waals surface area contributed by atoms with Crippen LogP contribution < -0.4 is 0 Å². The fraction of sp³-hybridized carbons (Fsp3) is 0.611. The Morgan fingerprint density at radius 1 is 1.08 bits per heavy atom. The van der Waals surface area contributed by atoms with Gasteiger partial charge in [0.15, 0.2) is 0 Å². The zero-order valence-corrected chi connectivity index (χ0v) is 15.0. The molecule has 2 aliphatic rings. The summed E-state index contributed by atoms with van der Waals surface area (Å²) in [6.45, 7) is 1.95. The van der Waals surface area contributed by atoms with Crippen LogP contribution in [0.15, 0.2) is 30.3 Å². The minimum atomic E-state index is -3.30. The zero-order chi connectivity index (χ0) is 17.2. The zero-order valence-electron chi connectivity index (χ0n) is 14.2. The molecule has 0 aromatic heterocycles. The fourth-order valence-electron chi connectivity index (χ4n) is 3.90. The van der Waals surface area contributed by atoms with E-state index in [4.69, 9.17) is 0 Å². The lowest BCUT2D eigenvalue weighted by molar-refractivity contribution is -0.136. The molecule has 0 spiro atoms. The minimum Gasteiger partial charge on any atom is -0.341 e. The Labute approximate surface area is 144 Å². The van der Waals surface area contributed by atoms with Crippen LogP contribution in [-0.2, 0) is 21.2 Å². The number of amides is 1. The first kappa shape index (κ1) is 17.4. The van der Waals surface area contributed by atoms with Gasteiger partial charge in [-0.05, 0) is 43.6 Å². The summed E-state index contributed by atoms with van der Waals surface area (Å²) in [7, 11) is -3.30. The minimum absolute atomic E-state index is 0.00362. The van der Waals surface area contributed by atoms with Gasteiger partial charge in [-0.15, -0.1) is 0 Å². The molecule has 3 rings (SSSR count). The molecule has 1 aromatic rings. The second-order valence-electron chi connectivity index (χ2n) is 6.99. The average Bonchev–Trinajstić information content (AvgIpc) is 3.06. The number of carbonyl (C=O) groups excluding carboxylic acids is 1. The summed E-state index contributed by atoms with van der Waals surface area (Å²) in [6, 6.07) is 9.98. The molecule has 2 fully saturated rings. The molecule has 0 N–H and O–H groups in total. The quantitative estimate of drug-likeness (QED) is 0.833. The number of piperidine rings is 1. The molecule has 0 saturated carbocycles. The van der Waals surface area contributed by atoms with Gasteiger partial charge in [0, 0.05) is 19.6 Å². The van der Waals surface area contributed by atoms with Crippen molar-refractivity contribution in [3.8, 4) is 0 Å². The number of rotatable bonds is 4. The Kier molecular flexibility index (Phi) is 5.25. The SMILES string of the molecule is CS(=O)(=O)N1CCCC1C(=O)N1CCC(Cc2ccccc2)CC1. The Hall–Kier alpha value is -1.40. The average molecular weight is 350 g/mol. The predicted molar refractivity (Wildman–Crippen MR) is 94.0 cm³/mol. The number of carbonyl (C=O) groups is 1. The highest BCUT2D eigenvalue weighted by Gasteiger charge is 2.39. The van der Waals surface area contributed by atoms with Gasteiger partial charge in [0.05, 0.1) is 6.26 Å². The molecular weight excluding hydrogens is 324 g/mol. The van der Waals surface area contributed by atoms with Gasteiger partial charge in [-0.25, -0.2) is 8.42 Å². The van der Waals surface area contributed by atoms with Crippen LogP contribution in [0.5, 0.6) is 0 Å². The molecule has 0 aliphatic carbocycles. The smallest absolute Gasteiger partial charge is 0.241 e. The van der Waals surface area contributed by atoms with E-state index in [9.17, 15) is 13.2 Å². The molecule has 6 heteroatoms. The molecule has 2 saturated heterocycles. The van der Waals surface area contributed by atoms with Gasteiger partial charge in [-0.3, -0.25) is 4.79 Å². The lowest BCUT2D eigenvalue weighted by Gasteiger charge is -2.35. The maximum absolute atomic E-state index is 12.7. The topological polar surface area (TPSA) is 57.7 Å². The van der Waals surface area contributed by atoms with Crippen molar-refractivity contribution < 1.29 is 13.2 Å². The lowest BCUT2D eigenvalue weighted by Crippen LogP contribution is -2.49. The Bertz CT molecular complexity index is 667. The monoisotopic (exact) mass is 350 g/mol. The third-order valence-corrected chi connectivity index (χ3v) is 6.50. The molecule has 2 heterocycles. The number of sulfonamides is 1. The molecule has 1 aromatic carbocycles. The van der Waals surface area contributed by atoms with Crippen molar-refractivity contribution in [3.63, 3.8) is 0 Å². The lowest BCUT2D eigenvalue weighted by atomic mass is 9.90. The van der Waals surface area contributed by atoms with Gasteiger partial charge < -0.3 is 4.90 Å². The molecule has 1 unspecified atom stereocenters. The van der Waals surface area contributed by atoms with E-state index in [2.05, 4.69) is 24.3 Å². The highest BCUT2D eigenvalue weighted by Crippen LogP contribution is 2.26. The van der Waals surface area contributed by atoms with Crippen molar-refractivity contribution >= 4 is 15.9 Å². The van der Waals surface area contributed by atoms with Crippen LogP contribution in [-0.4, -0.2) is 55.5 Å². The van der Waals surface area contributed by atoms with Gasteiger partial charge in [-0.2, -0.15) is 4.31 Å². The molecule has 0 bridgehead atoms. The number of likely N-dealkylation sites (tertiary alicyclic amines) is 1. The van der Waals surface area contributed by atoms with Gasteiger partial charge in [0.1, 0.15) is 6.04 Å². The van der Waals surface area contributed by atoms with E-state index in [1.54, 1.807) is 0 Å². The highest BCUT2D eigenvalue weighted by molar-refractivity contribution is 7.88. The summed E-state index contributed by atoms with van der Waals surface area (Å²) < 4.78 is 25.1. The van der Waals surface area contributed by atoms with E-state index in [0.29, 0.717) is 18.9 Å². The summed E-state index contributed by atoms with van der Waals surface area (Å²) in [5.41, 5.74) is 1.35. The van der Waals surface area contributed by atoms with Crippen molar-refractivity contribution in [2.75, 3.05) is 25.9 Å². The van der Waals surface area contributed by atoms with E-state index >= 15 is 0 Å². The molecule has 132 valence electrons.